The van der Waals surface area contributed by atoms with Crippen molar-refractivity contribution in [3.05, 3.63) is 17.5 Å². The number of hydrogen-bond donors (Lipinski definition) is 3. The number of aliphatic carboxylic acids is 1. The van der Waals surface area contributed by atoms with Crippen molar-refractivity contribution in [3.63, 3.8) is 0 Å². The van der Waals surface area contributed by atoms with E-state index in [9.17, 15) is 9.59 Å². The van der Waals surface area contributed by atoms with Gasteiger partial charge in [0.05, 0.1) is 5.69 Å². The van der Waals surface area contributed by atoms with E-state index in [1.165, 1.54) is 0 Å². The summed E-state index contributed by atoms with van der Waals surface area (Å²) >= 11 is 0. The molecule has 0 spiro atoms. The van der Waals surface area contributed by atoms with E-state index in [1.807, 2.05) is 20.2 Å². The Balaban J connectivity index is 2.48. The molecular weight excluding hydrogens is 272 g/mol. The fourth-order valence-corrected chi connectivity index (χ4v) is 2.04. The number of carbonyl (C=O) groups is 2. The van der Waals surface area contributed by atoms with E-state index in [0.717, 1.165) is 17.7 Å². The van der Waals surface area contributed by atoms with E-state index in [0.29, 0.717) is 13.0 Å². The predicted octanol–water partition coefficient (Wildman–Crippen LogP) is 1.43. The van der Waals surface area contributed by atoms with Crippen LogP contribution < -0.4 is 10.6 Å². The molecule has 1 aromatic rings. The van der Waals surface area contributed by atoms with E-state index >= 15 is 0 Å². The molecule has 0 saturated heterocycles. The summed E-state index contributed by atoms with van der Waals surface area (Å²) < 4.78 is 1.73. The number of urea groups is 1. The number of nitrogens with one attached hydrogen (secondary N) is 2. The first-order valence-electron chi connectivity index (χ1n) is 7.02. The SMILES string of the molecule is CCc1nn(C)cc1CNC(=O)NC(C)(C)CCC(=O)O. The van der Waals surface area contributed by atoms with E-state index in [2.05, 4.69) is 15.7 Å². The van der Waals surface area contributed by atoms with E-state index in [4.69, 9.17) is 5.11 Å². The molecule has 1 aromatic heterocycles. The third kappa shape index (κ3) is 5.85. The normalized spacial score (nSPS) is 11.2. The number of amides is 2. The van der Waals surface area contributed by atoms with Crippen molar-refractivity contribution in [2.75, 3.05) is 0 Å². The van der Waals surface area contributed by atoms with Crippen LogP contribution in [0.2, 0.25) is 0 Å². The van der Waals surface area contributed by atoms with Gasteiger partial charge in [-0.15, -0.1) is 0 Å². The molecule has 3 N–H and O–H groups in total. The Hall–Kier alpha value is -2.05. The number of aromatic nitrogens is 2. The Morgan fingerprint density at radius 3 is 2.67 bits per heavy atom. The average Bonchev–Trinajstić information content (AvgIpc) is 2.74. The minimum Gasteiger partial charge on any atom is -0.481 e. The number of nitrogens with zero attached hydrogens (tertiary/aromatic N) is 2. The molecule has 0 saturated carbocycles. The zero-order valence-corrected chi connectivity index (χ0v) is 13.1. The molecule has 0 aliphatic rings. The van der Waals surface area contributed by atoms with Crippen LogP contribution in [0.3, 0.4) is 0 Å². The molecular formula is C14H24N4O3. The van der Waals surface area contributed by atoms with Crippen molar-refractivity contribution in [1.29, 1.82) is 0 Å². The maximum atomic E-state index is 11.9. The summed E-state index contributed by atoms with van der Waals surface area (Å²) in [5.74, 6) is -0.867. The Labute approximate surface area is 124 Å². The van der Waals surface area contributed by atoms with Gasteiger partial charge < -0.3 is 15.7 Å². The molecule has 1 heterocycles. The fourth-order valence-electron chi connectivity index (χ4n) is 2.04. The van der Waals surface area contributed by atoms with Crippen molar-refractivity contribution in [3.8, 4) is 0 Å². The molecule has 0 atom stereocenters. The second-order valence-electron chi connectivity index (χ2n) is 5.71. The van der Waals surface area contributed by atoms with Gasteiger partial charge >= 0.3 is 12.0 Å². The maximum absolute atomic E-state index is 11.9. The first-order chi connectivity index (χ1) is 9.73. The lowest BCUT2D eigenvalue weighted by Crippen LogP contribution is -2.48. The van der Waals surface area contributed by atoms with Crippen molar-refractivity contribution in [1.82, 2.24) is 20.4 Å². The van der Waals surface area contributed by atoms with Gasteiger partial charge in [-0.2, -0.15) is 5.10 Å². The molecule has 118 valence electrons. The molecule has 0 aromatic carbocycles. The van der Waals surface area contributed by atoms with Crippen LogP contribution in [0.4, 0.5) is 4.79 Å². The van der Waals surface area contributed by atoms with E-state index < -0.39 is 11.5 Å². The minimum atomic E-state index is -0.867. The molecule has 0 radical (unpaired) electrons. The lowest BCUT2D eigenvalue weighted by Gasteiger charge is -2.25. The summed E-state index contributed by atoms with van der Waals surface area (Å²) in [7, 11) is 1.84. The van der Waals surface area contributed by atoms with Crippen molar-refractivity contribution in [2.24, 2.45) is 7.05 Å². The highest BCUT2D eigenvalue weighted by atomic mass is 16.4. The summed E-state index contributed by atoms with van der Waals surface area (Å²) in [5, 5.41) is 18.6. The number of hydrogen-bond acceptors (Lipinski definition) is 3. The standard InChI is InChI=1S/C14H24N4O3/c1-5-11-10(9-18(4)17-11)8-15-13(21)16-14(2,3)7-6-12(19)20/h9H,5-8H2,1-4H3,(H,19,20)(H2,15,16,21). The summed E-state index contributed by atoms with van der Waals surface area (Å²) in [5.41, 5.74) is 1.38. The number of aryl methyl sites for hydroxylation is 2. The third-order valence-electron chi connectivity index (χ3n) is 3.18. The van der Waals surface area contributed by atoms with Crippen LogP contribution in [0.15, 0.2) is 6.20 Å². The van der Waals surface area contributed by atoms with Crippen molar-refractivity contribution < 1.29 is 14.7 Å². The Morgan fingerprint density at radius 2 is 2.10 bits per heavy atom. The highest BCUT2D eigenvalue weighted by Gasteiger charge is 2.21. The van der Waals surface area contributed by atoms with Crippen LogP contribution in [-0.2, 0) is 24.8 Å². The predicted molar refractivity (Wildman–Crippen MR) is 78.9 cm³/mol. The number of carbonyl (C=O) groups excluding carboxylic acids is 1. The Bertz CT molecular complexity index is 508. The van der Waals surface area contributed by atoms with Gasteiger partial charge in [0.15, 0.2) is 0 Å². The summed E-state index contributed by atoms with van der Waals surface area (Å²) in [6.45, 7) is 6.02. The first-order valence-corrected chi connectivity index (χ1v) is 7.02. The van der Waals surface area contributed by atoms with Crippen LogP contribution >= 0.6 is 0 Å². The lowest BCUT2D eigenvalue weighted by molar-refractivity contribution is -0.137. The van der Waals surface area contributed by atoms with Crippen LogP contribution in [-0.4, -0.2) is 32.4 Å². The summed E-state index contributed by atoms with van der Waals surface area (Å²) in [6.07, 6.45) is 3.09. The molecule has 0 aliphatic carbocycles. The van der Waals surface area contributed by atoms with Crippen LogP contribution in [0, 0.1) is 0 Å². The largest absolute Gasteiger partial charge is 0.481 e. The highest BCUT2D eigenvalue weighted by molar-refractivity contribution is 5.75. The van der Waals surface area contributed by atoms with Crippen LogP contribution in [0.1, 0.15) is 44.9 Å². The van der Waals surface area contributed by atoms with E-state index in [-0.39, 0.29) is 12.5 Å². The smallest absolute Gasteiger partial charge is 0.315 e. The van der Waals surface area contributed by atoms with Gasteiger partial charge in [-0.1, -0.05) is 6.92 Å². The van der Waals surface area contributed by atoms with Crippen molar-refractivity contribution in [2.45, 2.75) is 52.1 Å². The molecule has 7 heteroatoms. The molecule has 1 rings (SSSR count). The minimum absolute atomic E-state index is 0.0237. The third-order valence-corrected chi connectivity index (χ3v) is 3.18. The van der Waals surface area contributed by atoms with E-state index in [1.54, 1.807) is 18.5 Å². The summed E-state index contributed by atoms with van der Waals surface area (Å²) in [4.78, 5) is 22.5. The van der Waals surface area contributed by atoms with Crippen LogP contribution in [0.5, 0.6) is 0 Å². The van der Waals surface area contributed by atoms with Gasteiger partial charge in [0.25, 0.3) is 0 Å². The van der Waals surface area contributed by atoms with Crippen molar-refractivity contribution >= 4 is 12.0 Å². The summed E-state index contributed by atoms with van der Waals surface area (Å²) in [6, 6.07) is -0.309. The van der Waals surface area contributed by atoms with Crippen LogP contribution in [0.25, 0.3) is 0 Å². The molecule has 2 amide bonds. The van der Waals surface area contributed by atoms with Gasteiger partial charge in [-0.25, -0.2) is 4.79 Å². The molecule has 0 bridgehead atoms. The molecule has 0 unspecified atom stereocenters. The van der Waals surface area contributed by atoms with Gasteiger partial charge in [0.1, 0.15) is 0 Å². The molecule has 0 fully saturated rings. The second kappa shape index (κ2) is 7.10. The molecule has 21 heavy (non-hydrogen) atoms. The molecule has 0 aliphatic heterocycles. The quantitative estimate of drug-likeness (QED) is 0.709. The average molecular weight is 296 g/mol. The number of carboxylic acids is 1. The topological polar surface area (TPSA) is 96.3 Å². The van der Waals surface area contributed by atoms with Gasteiger partial charge in [0.2, 0.25) is 0 Å². The maximum Gasteiger partial charge on any atom is 0.315 e. The Kier molecular flexibility index (Phi) is 5.75. The monoisotopic (exact) mass is 296 g/mol. The fraction of sp³-hybridized carbons (Fsp3) is 0.643. The number of rotatable bonds is 7. The van der Waals surface area contributed by atoms with Gasteiger partial charge in [-0.05, 0) is 26.7 Å². The zero-order valence-electron chi connectivity index (χ0n) is 13.1. The van der Waals surface area contributed by atoms with Gasteiger partial charge in [-0.3, -0.25) is 9.48 Å². The Morgan fingerprint density at radius 1 is 1.43 bits per heavy atom. The zero-order chi connectivity index (χ0) is 16.0. The first kappa shape index (κ1) is 17.0. The highest BCUT2D eigenvalue weighted by Crippen LogP contribution is 2.11. The second-order valence-corrected chi connectivity index (χ2v) is 5.71. The molecule has 7 nitrogen and oxygen atoms in total. The number of carboxylic acid groups (broad SMARTS) is 1. The van der Waals surface area contributed by atoms with Gasteiger partial charge in [0, 0.05) is 37.3 Å². The lowest BCUT2D eigenvalue weighted by atomic mass is 9.99.